The number of hydrogen-bond acceptors (Lipinski definition) is 2. The van der Waals surface area contributed by atoms with Gasteiger partial charge in [0.2, 0.25) is 0 Å². The molecule has 100 valence electrons. The zero-order chi connectivity index (χ0) is 13.1. The molecule has 0 radical (unpaired) electrons. The third kappa shape index (κ3) is 2.87. The van der Waals surface area contributed by atoms with Crippen LogP contribution in [0, 0.1) is 5.92 Å². The monoisotopic (exact) mass is 255 g/mol. The van der Waals surface area contributed by atoms with Crippen LogP contribution in [0.1, 0.15) is 24.9 Å². The number of benzene rings is 1. The lowest BCUT2D eigenvalue weighted by Gasteiger charge is -2.25. The van der Waals surface area contributed by atoms with Crippen LogP contribution in [-0.2, 0) is 0 Å². The normalized spacial score (nSPS) is 24.4. The van der Waals surface area contributed by atoms with E-state index in [9.17, 15) is 13.9 Å². The van der Waals surface area contributed by atoms with Crippen molar-refractivity contribution in [1.82, 2.24) is 4.90 Å². The third-order valence-corrected chi connectivity index (χ3v) is 3.83. The summed E-state index contributed by atoms with van der Waals surface area (Å²) in [5.74, 6) is -0.309. The molecule has 0 aromatic heterocycles. The van der Waals surface area contributed by atoms with Gasteiger partial charge in [0.25, 0.3) is 6.43 Å². The van der Waals surface area contributed by atoms with Gasteiger partial charge >= 0.3 is 0 Å². The van der Waals surface area contributed by atoms with Crippen molar-refractivity contribution in [3.05, 3.63) is 35.9 Å². The van der Waals surface area contributed by atoms with Crippen LogP contribution in [0.4, 0.5) is 8.78 Å². The molecule has 2 rings (SSSR count). The quantitative estimate of drug-likeness (QED) is 0.894. The van der Waals surface area contributed by atoms with Crippen molar-refractivity contribution in [2.24, 2.45) is 5.92 Å². The summed E-state index contributed by atoms with van der Waals surface area (Å²) in [5.41, 5.74) is 1.18. The van der Waals surface area contributed by atoms with E-state index >= 15 is 0 Å². The average molecular weight is 255 g/mol. The Morgan fingerprint density at radius 1 is 1.28 bits per heavy atom. The molecule has 1 aromatic rings. The van der Waals surface area contributed by atoms with E-state index in [2.05, 4.69) is 11.8 Å². The molecular formula is C14H19F2NO. The van der Waals surface area contributed by atoms with Crippen LogP contribution < -0.4 is 0 Å². The average Bonchev–Trinajstić information content (AvgIpc) is 2.87. The number of aliphatic hydroxyl groups excluding tert-OH is 1. The summed E-state index contributed by atoms with van der Waals surface area (Å²) in [5, 5.41) is 9.42. The Labute approximate surface area is 106 Å². The van der Waals surface area contributed by atoms with Crippen molar-refractivity contribution in [2.45, 2.75) is 31.9 Å². The Morgan fingerprint density at radius 3 is 2.56 bits per heavy atom. The van der Waals surface area contributed by atoms with Gasteiger partial charge in [0, 0.05) is 18.5 Å². The first-order chi connectivity index (χ1) is 8.59. The maximum absolute atomic E-state index is 12.5. The van der Waals surface area contributed by atoms with E-state index in [1.807, 2.05) is 30.3 Å². The molecule has 1 aromatic carbocycles. The maximum atomic E-state index is 12.5. The molecule has 1 fully saturated rings. The molecule has 0 spiro atoms. The Morgan fingerprint density at radius 2 is 1.94 bits per heavy atom. The molecule has 1 unspecified atom stereocenters. The van der Waals surface area contributed by atoms with Gasteiger partial charge < -0.3 is 5.11 Å². The molecule has 1 saturated heterocycles. The molecule has 1 aliphatic rings. The molecular weight excluding hydrogens is 236 g/mol. The Balaban J connectivity index is 1.97. The van der Waals surface area contributed by atoms with Gasteiger partial charge in [-0.05, 0) is 25.5 Å². The second-order valence-electron chi connectivity index (χ2n) is 4.96. The lowest BCUT2D eigenvalue weighted by Crippen LogP contribution is -2.31. The molecule has 0 bridgehead atoms. The van der Waals surface area contributed by atoms with Crippen molar-refractivity contribution in [3.8, 4) is 0 Å². The smallest absolute Gasteiger partial charge is 0.264 e. The highest BCUT2D eigenvalue weighted by molar-refractivity contribution is 5.18. The Hall–Kier alpha value is -1.00. The van der Waals surface area contributed by atoms with Crippen LogP contribution >= 0.6 is 0 Å². The minimum absolute atomic E-state index is 0.209. The van der Waals surface area contributed by atoms with Crippen LogP contribution in [0.2, 0.25) is 0 Å². The van der Waals surface area contributed by atoms with E-state index in [1.165, 1.54) is 5.56 Å². The van der Waals surface area contributed by atoms with Gasteiger partial charge in [-0.3, -0.25) is 4.90 Å². The standard InChI is InChI=1S/C14H19F2NO/c1-10(11-5-3-2-4-6-11)17-8-7-12(9-17)13(18)14(15)16/h2-6,10,12-14,18H,7-9H2,1H3/t10-,12-,13?/m1/s1. The highest BCUT2D eigenvalue weighted by Gasteiger charge is 2.35. The zero-order valence-corrected chi connectivity index (χ0v) is 10.5. The van der Waals surface area contributed by atoms with Gasteiger partial charge in [-0.25, -0.2) is 8.78 Å². The number of alkyl halides is 2. The third-order valence-electron chi connectivity index (χ3n) is 3.83. The number of nitrogens with zero attached hydrogens (tertiary/aromatic N) is 1. The summed E-state index contributed by atoms with van der Waals surface area (Å²) in [6, 6.07) is 10.2. The van der Waals surface area contributed by atoms with Crippen molar-refractivity contribution in [1.29, 1.82) is 0 Å². The van der Waals surface area contributed by atoms with Crippen LogP contribution in [0.15, 0.2) is 30.3 Å². The predicted octanol–water partition coefficient (Wildman–Crippen LogP) is 2.70. The molecule has 0 saturated carbocycles. The highest BCUT2D eigenvalue weighted by atomic mass is 19.3. The highest BCUT2D eigenvalue weighted by Crippen LogP contribution is 2.30. The van der Waals surface area contributed by atoms with E-state index < -0.39 is 12.5 Å². The maximum Gasteiger partial charge on any atom is 0.264 e. The van der Waals surface area contributed by atoms with Gasteiger partial charge in [-0.2, -0.15) is 0 Å². The summed E-state index contributed by atoms with van der Waals surface area (Å²) in [4.78, 5) is 2.16. The van der Waals surface area contributed by atoms with E-state index in [0.717, 1.165) is 6.54 Å². The van der Waals surface area contributed by atoms with Crippen molar-refractivity contribution >= 4 is 0 Å². The lowest BCUT2D eigenvalue weighted by atomic mass is 10.0. The van der Waals surface area contributed by atoms with E-state index in [0.29, 0.717) is 13.0 Å². The van der Waals surface area contributed by atoms with Crippen molar-refractivity contribution in [2.75, 3.05) is 13.1 Å². The van der Waals surface area contributed by atoms with Gasteiger partial charge in [0.1, 0.15) is 6.10 Å². The number of rotatable bonds is 4. The molecule has 1 N–H and O–H groups in total. The Kier molecular flexibility index (Phi) is 4.30. The van der Waals surface area contributed by atoms with Crippen LogP contribution in [0.25, 0.3) is 0 Å². The molecule has 0 aliphatic carbocycles. The zero-order valence-electron chi connectivity index (χ0n) is 10.5. The number of hydrogen-bond donors (Lipinski definition) is 1. The number of aliphatic hydroxyl groups is 1. The predicted molar refractivity (Wildman–Crippen MR) is 66.5 cm³/mol. The topological polar surface area (TPSA) is 23.5 Å². The number of halogens is 2. The molecule has 1 aliphatic heterocycles. The van der Waals surface area contributed by atoms with Gasteiger partial charge in [-0.15, -0.1) is 0 Å². The lowest BCUT2D eigenvalue weighted by molar-refractivity contribution is -0.0367. The summed E-state index contributed by atoms with van der Waals surface area (Å²) >= 11 is 0. The molecule has 4 heteroatoms. The second kappa shape index (κ2) is 5.76. The summed E-state index contributed by atoms with van der Waals surface area (Å²) in [7, 11) is 0. The fourth-order valence-corrected chi connectivity index (χ4v) is 2.59. The van der Waals surface area contributed by atoms with Crippen LogP contribution in [0.5, 0.6) is 0 Å². The molecule has 2 nitrogen and oxygen atoms in total. The Bertz CT molecular complexity index is 371. The fourth-order valence-electron chi connectivity index (χ4n) is 2.59. The minimum atomic E-state index is -2.64. The first-order valence-electron chi connectivity index (χ1n) is 6.35. The SMILES string of the molecule is C[C@H](c1ccccc1)N1CC[C@@H](C(O)C(F)F)C1. The first-order valence-corrected chi connectivity index (χ1v) is 6.35. The molecule has 18 heavy (non-hydrogen) atoms. The summed E-state index contributed by atoms with van der Waals surface area (Å²) < 4.78 is 24.9. The second-order valence-corrected chi connectivity index (χ2v) is 4.96. The number of likely N-dealkylation sites (tertiary alicyclic amines) is 1. The van der Waals surface area contributed by atoms with Gasteiger partial charge in [-0.1, -0.05) is 30.3 Å². The van der Waals surface area contributed by atoms with Crippen molar-refractivity contribution in [3.63, 3.8) is 0 Å². The first kappa shape index (κ1) is 13.4. The van der Waals surface area contributed by atoms with E-state index in [4.69, 9.17) is 0 Å². The molecule has 1 heterocycles. The molecule has 0 amide bonds. The van der Waals surface area contributed by atoms with Gasteiger partial charge in [0.15, 0.2) is 0 Å². The largest absolute Gasteiger partial charge is 0.387 e. The fraction of sp³-hybridized carbons (Fsp3) is 0.571. The van der Waals surface area contributed by atoms with E-state index in [-0.39, 0.29) is 12.0 Å². The van der Waals surface area contributed by atoms with Gasteiger partial charge in [0.05, 0.1) is 0 Å². The summed E-state index contributed by atoms with van der Waals surface area (Å²) in [6.45, 7) is 3.39. The molecule has 3 atom stereocenters. The van der Waals surface area contributed by atoms with Crippen LogP contribution in [0.3, 0.4) is 0 Å². The minimum Gasteiger partial charge on any atom is -0.387 e. The van der Waals surface area contributed by atoms with E-state index in [1.54, 1.807) is 0 Å². The van der Waals surface area contributed by atoms with Crippen LogP contribution in [-0.4, -0.2) is 35.6 Å². The summed E-state index contributed by atoms with van der Waals surface area (Å²) in [6.07, 6.45) is -3.48. The van der Waals surface area contributed by atoms with Crippen molar-refractivity contribution < 1.29 is 13.9 Å².